The van der Waals surface area contributed by atoms with E-state index in [2.05, 4.69) is 26.9 Å². The summed E-state index contributed by atoms with van der Waals surface area (Å²) in [5, 5.41) is 8.10. The maximum Gasteiger partial charge on any atom is 0.140 e. The van der Waals surface area contributed by atoms with Crippen molar-refractivity contribution in [1.29, 1.82) is 0 Å². The summed E-state index contributed by atoms with van der Waals surface area (Å²) in [4.78, 5) is 4.29. The summed E-state index contributed by atoms with van der Waals surface area (Å²) in [6.45, 7) is 4.97. The van der Waals surface area contributed by atoms with Gasteiger partial charge in [0, 0.05) is 37.6 Å². The average molecular weight is 245 g/mol. The molecule has 0 atom stereocenters. The number of hydrogen-bond acceptors (Lipinski definition) is 3. The number of hydrogen-bond donors (Lipinski definition) is 1. The Morgan fingerprint density at radius 1 is 1.39 bits per heavy atom. The van der Waals surface area contributed by atoms with Gasteiger partial charge >= 0.3 is 0 Å². The third-order valence-electron chi connectivity index (χ3n) is 3.51. The molecule has 0 unspecified atom stereocenters. The fraction of sp³-hybridized carbons (Fsp3) is 0.538. The van der Waals surface area contributed by atoms with E-state index in [9.17, 15) is 0 Å². The zero-order valence-electron chi connectivity index (χ0n) is 11.1. The van der Waals surface area contributed by atoms with Gasteiger partial charge in [-0.2, -0.15) is 5.10 Å². The van der Waals surface area contributed by atoms with E-state index in [1.165, 1.54) is 18.4 Å². The molecule has 0 radical (unpaired) electrons. The van der Waals surface area contributed by atoms with Gasteiger partial charge in [0.25, 0.3) is 0 Å². The van der Waals surface area contributed by atoms with Crippen LogP contribution in [-0.4, -0.2) is 25.4 Å². The number of rotatable bonds is 4. The van der Waals surface area contributed by atoms with Crippen molar-refractivity contribution in [1.82, 2.24) is 24.6 Å². The lowest BCUT2D eigenvalue weighted by Gasteiger charge is -2.10. The van der Waals surface area contributed by atoms with E-state index in [4.69, 9.17) is 0 Å². The van der Waals surface area contributed by atoms with Crippen molar-refractivity contribution in [2.45, 2.75) is 39.3 Å². The van der Waals surface area contributed by atoms with Crippen LogP contribution in [0, 0.1) is 13.8 Å². The highest BCUT2D eigenvalue weighted by atomic mass is 15.3. The minimum absolute atomic E-state index is 0.710. The maximum absolute atomic E-state index is 4.53. The van der Waals surface area contributed by atoms with Crippen LogP contribution in [0.25, 0.3) is 5.82 Å². The highest BCUT2D eigenvalue weighted by molar-refractivity contribution is 5.39. The van der Waals surface area contributed by atoms with Crippen LogP contribution in [-0.2, 0) is 13.6 Å². The Hall–Kier alpha value is -1.62. The predicted octanol–water partition coefficient (Wildman–Crippen LogP) is 1.47. The molecule has 0 amide bonds. The smallest absolute Gasteiger partial charge is 0.140 e. The van der Waals surface area contributed by atoms with Crippen molar-refractivity contribution in [3.8, 4) is 5.82 Å². The van der Waals surface area contributed by atoms with Gasteiger partial charge in [-0.1, -0.05) is 0 Å². The van der Waals surface area contributed by atoms with Gasteiger partial charge < -0.3 is 5.32 Å². The van der Waals surface area contributed by atoms with E-state index in [1.807, 2.05) is 31.0 Å². The van der Waals surface area contributed by atoms with Crippen molar-refractivity contribution in [3.05, 3.63) is 29.5 Å². The zero-order valence-corrected chi connectivity index (χ0v) is 11.1. The maximum atomic E-state index is 4.53. The Balaban J connectivity index is 1.98. The first kappa shape index (κ1) is 11.5. The molecule has 5 nitrogen and oxygen atoms in total. The van der Waals surface area contributed by atoms with Gasteiger partial charge in [-0.3, -0.25) is 9.25 Å². The Labute approximate surface area is 107 Å². The molecule has 1 N–H and O–H groups in total. The zero-order chi connectivity index (χ0) is 12.7. The molecule has 0 spiro atoms. The first-order valence-corrected chi connectivity index (χ1v) is 6.43. The number of aryl methyl sites for hydroxylation is 3. The molecule has 0 aromatic carbocycles. The van der Waals surface area contributed by atoms with Crippen molar-refractivity contribution in [2.24, 2.45) is 7.05 Å². The molecule has 1 aliphatic carbocycles. The monoisotopic (exact) mass is 245 g/mol. The standard InChI is InChI=1S/C13H19N5/c1-9-12(8-15-11-4-5-11)13(17(3)16-9)18-7-6-14-10(18)2/h6-7,11,15H,4-5,8H2,1-3H3. The number of aromatic nitrogens is 4. The van der Waals surface area contributed by atoms with Gasteiger partial charge in [-0.05, 0) is 26.7 Å². The lowest BCUT2D eigenvalue weighted by molar-refractivity contribution is 0.675. The Bertz CT molecular complexity index is 562. The lowest BCUT2D eigenvalue weighted by Crippen LogP contribution is -2.17. The van der Waals surface area contributed by atoms with Crippen molar-refractivity contribution < 1.29 is 0 Å². The van der Waals surface area contributed by atoms with Crippen LogP contribution in [0.15, 0.2) is 12.4 Å². The molecule has 1 aliphatic rings. The fourth-order valence-electron chi connectivity index (χ4n) is 2.33. The summed E-state index contributed by atoms with van der Waals surface area (Å²) in [5.74, 6) is 2.11. The van der Waals surface area contributed by atoms with Gasteiger partial charge in [-0.15, -0.1) is 0 Å². The minimum Gasteiger partial charge on any atom is -0.310 e. The molecule has 3 rings (SSSR count). The van der Waals surface area contributed by atoms with Crippen LogP contribution in [0.4, 0.5) is 0 Å². The molecular weight excluding hydrogens is 226 g/mol. The van der Waals surface area contributed by atoms with Gasteiger partial charge in [0.2, 0.25) is 0 Å². The van der Waals surface area contributed by atoms with Gasteiger partial charge in [0.05, 0.1) is 5.69 Å². The van der Waals surface area contributed by atoms with E-state index in [-0.39, 0.29) is 0 Å². The highest BCUT2D eigenvalue weighted by Crippen LogP contribution is 2.23. The second-order valence-electron chi connectivity index (χ2n) is 5.01. The molecule has 2 aromatic rings. The first-order chi connectivity index (χ1) is 8.66. The minimum atomic E-state index is 0.710. The molecule has 2 heterocycles. The molecule has 18 heavy (non-hydrogen) atoms. The van der Waals surface area contributed by atoms with Crippen LogP contribution >= 0.6 is 0 Å². The summed E-state index contributed by atoms with van der Waals surface area (Å²) in [7, 11) is 1.99. The van der Waals surface area contributed by atoms with Crippen molar-refractivity contribution >= 4 is 0 Å². The summed E-state index contributed by atoms with van der Waals surface area (Å²) >= 11 is 0. The summed E-state index contributed by atoms with van der Waals surface area (Å²) in [6, 6.07) is 0.710. The van der Waals surface area contributed by atoms with Crippen LogP contribution < -0.4 is 5.32 Å². The first-order valence-electron chi connectivity index (χ1n) is 6.43. The Kier molecular flexibility index (Phi) is 2.70. The van der Waals surface area contributed by atoms with Crippen molar-refractivity contribution in [3.63, 3.8) is 0 Å². The molecular formula is C13H19N5. The Morgan fingerprint density at radius 3 is 2.78 bits per heavy atom. The summed E-state index contributed by atoms with van der Waals surface area (Å²) < 4.78 is 4.04. The third-order valence-corrected chi connectivity index (χ3v) is 3.51. The summed E-state index contributed by atoms with van der Waals surface area (Å²) in [6.07, 6.45) is 6.43. The molecule has 1 saturated carbocycles. The number of nitrogens with zero attached hydrogens (tertiary/aromatic N) is 4. The Morgan fingerprint density at radius 2 is 2.17 bits per heavy atom. The molecule has 0 aliphatic heterocycles. The molecule has 0 bridgehead atoms. The molecule has 2 aromatic heterocycles. The largest absolute Gasteiger partial charge is 0.310 e. The van der Waals surface area contributed by atoms with Crippen LogP contribution in [0.5, 0.6) is 0 Å². The molecule has 0 saturated heterocycles. The van der Waals surface area contributed by atoms with E-state index in [0.717, 1.165) is 23.9 Å². The van der Waals surface area contributed by atoms with E-state index < -0.39 is 0 Å². The average Bonchev–Trinajstić information content (AvgIpc) is 3.00. The van der Waals surface area contributed by atoms with E-state index in [0.29, 0.717) is 6.04 Å². The second-order valence-corrected chi connectivity index (χ2v) is 5.01. The fourth-order valence-corrected chi connectivity index (χ4v) is 2.33. The van der Waals surface area contributed by atoms with E-state index in [1.54, 1.807) is 0 Å². The topological polar surface area (TPSA) is 47.7 Å². The second kappa shape index (κ2) is 4.24. The third kappa shape index (κ3) is 1.95. The molecule has 1 fully saturated rings. The van der Waals surface area contributed by atoms with Gasteiger partial charge in [0.15, 0.2) is 0 Å². The van der Waals surface area contributed by atoms with Crippen molar-refractivity contribution in [2.75, 3.05) is 0 Å². The van der Waals surface area contributed by atoms with Gasteiger partial charge in [-0.25, -0.2) is 4.98 Å². The van der Waals surface area contributed by atoms with E-state index >= 15 is 0 Å². The van der Waals surface area contributed by atoms with Crippen LogP contribution in [0.1, 0.15) is 29.9 Å². The highest BCUT2D eigenvalue weighted by Gasteiger charge is 2.23. The molecule has 5 heteroatoms. The number of nitrogens with one attached hydrogen (secondary N) is 1. The van der Waals surface area contributed by atoms with Crippen LogP contribution in [0.2, 0.25) is 0 Å². The molecule has 96 valence electrons. The summed E-state index contributed by atoms with van der Waals surface area (Å²) in [5.41, 5.74) is 2.36. The normalized spacial score (nSPS) is 15.3. The SMILES string of the molecule is Cc1nn(C)c(-n2ccnc2C)c1CNC1CC1. The lowest BCUT2D eigenvalue weighted by atomic mass is 10.2. The number of imidazole rings is 1. The quantitative estimate of drug-likeness (QED) is 0.887. The van der Waals surface area contributed by atoms with Gasteiger partial charge in [0.1, 0.15) is 11.6 Å². The predicted molar refractivity (Wildman–Crippen MR) is 69.7 cm³/mol. The van der Waals surface area contributed by atoms with Crippen LogP contribution in [0.3, 0.4) is 0 Å².